The van der Waals surface area contributed by atoms with Gasteiger partial charge in [0.2, 0.25) is 15.9 Å². The van der Waals surface area contributed by atoms with Gasteiger partial charge in [0.1, 0.15) is 11.8 Å². The normalized spacial score (nSPS) is 12.0. The van der Waals surface area contributed by atoms with Crippen molar-refractivity contribution in [3.05, 3.63) is 83.9 Å². The summed E-state index contributed by atoms with van der Waals surface area (Å²) in [6.45, 7) is 0.187. The molecule has 3 rings (SSSR count). The van der Waals surface area contributed by atoms with E-state index in [-0.39, 0.29) is 23.6 Å². The average molecular weight is 485 g/mol. The first-order valence-corrected chi connectivity index (χ1v) is 12.0. The van der Waals surface area contributed by atoms with Gasteiger partial charge in [0.15, 0.2) is 11.5 Å². The highest BCUT2D eigenvalue weighted by Crippen LogP contribution is 2.29. The van der Waals surface area contributed by atoms with Crippen molar-refractivity contribution in [3.63, 3.8) is 0 Å². The smallest absolute Gasteiger partial charge is 0.241 e. The molecule has 1 atom stereocenters. The Balaban J connectivity index is 1.84. The lowest BCUT2D eigenvalue weighted by molar-refractivity contribution is -0.122. The van der Waals surface area contributed by atoms with Crippen molar-refractivity contribution >= 4 is 15.9 Å². The van der Waals surface area contributed by atoms with Gasteiger partial charge in [-0.15, -0.1) is 0 Å². The van der Waals surface area contributed by atoms with Crippen molar-refractivity contribution in [2.75, 3.05) is 21.3 Å². The van der Waals surface area contributed by atoms with Crippen LogP contribution in [-0.4, -0.2) is 41.7 Å². The Morgan fingerprint density at radius 3 is 2.15 bits per heavy atom. The summed E-state index contributed by atoms with van der Waals surface area (Å²) < 4.78 is 44.6. The lowest BCUT2D eigenvalue weighted by atomic mass is 10.1. The zero-order valence-electron chi connectivity index (χ0n) is 19.3. The molecule has 34 heavy (non-hydrogen) atoms. The van der Waals surface area contributed by atoms with Crippen LogP contribution in [0.15, 0.2) is 77.7 Å². The Morgan fingerprint density at radius 2 is 1.47 bits per heavy atom. The molecule has 8 nitrogen and oxygen atoms in total. The third kappa shape index (κ3) is 6.27. The molecule has 0 aromatic heterocycles. The first kappa shape index (κ1) is 25.1. The first-order valence-electron chi connectivity index (χ1n) is 10.6. The molecule has 3 aromatic rings. The van der Waals surface area contributed by atoms with Gasteiger partial charge in [0.05, 0.1) is 26.2 Å². The van der Waals surface area contributed by atoms with Gasteiger partial charge < -0.3 is 19.5 Å². The molecule has 3 aromatic carbocycles. The molecule has 0 fully saturated rings. The van der Waals surface area contributed by atoms with Crippen molar-refractivity contribution in [1.82, 2.24) is 10.0 Å². The van der Waals surface area contributed by atoms with E-state index in [1.54, 1.807) is 13.2 Å². The van der Waals surface area contributed by atoms with Crippen LogP contribution >= 0.6 is 0 Å². The monoisotopic (exact) mass is 484 g/mol. The van der Waals surface area contributed by atoms with Crippen LogP contribution in [0.25, 0.3) is 0 Å². The van der Waals surface area contributed by atoms with Crippen molar-refractivity contribution in [2.45, 2.75) is 23.9 Å². The Morgan fingerprint density at radius 1 is 0.824 bits per heavy atom. The van der Waals surface area contributed by atoms with E-state index in [0.717, 1.165) is 11.1 Å². The summed E-state index contributed by atoms with van der Waals surface area (Å²) in [6.07, 6.45) is 0.172. The molecule has 1 unspecified atom stereocenters. The molecule has 1 amide bonds. The van der Waals surface area contributed by atoms with E-state index in [4.69, 9.17) is 14.2 Å². The topological polar surface area (TPSA) is 103 Å². The number of para-hydroxylation sites is 1. The molecule has 9 heteroatoms. The number of sulfonamides is 1. The molecule has 180 valence electrons. The second kappa shape index (κ2) is 11.5. The summed E-state index contributed by atoms with van der Waals surface area (Å²) in [5, 5.41) is 2.82. The molecule has 2 N–H and O–H groups in total. The predicted octanol–water partition coefficient (Wildman–Crippen LogP) is 2.92. The Bertz CT molecular complexity index is 1220. The molecule has 0 saturated heterocycles. The molecule has 0 aliphatic carbocycles. The number of hydrogen-bond donors (Lipinski definition) is 2. The molecule has 0 bridgehead atoms. The zero-order chi connectivity index (χ0) is 24.6. The SMILES string of the molecule is COc1ccccc1CNC(=O)C(Cc1ccccc1)NS(=O)(=O)c1ccc(OC)c(OC)c1. The summed E-state index contributed by atoms with van der Waals surface area (Å²) in [4.78, 5) is 13.1. The molecular formula is C25H28N2O6S. The number of rotatable bonds is 11. The highest BCUT2D eigenvalue weighted by molar-refractivity contribution is 7.89. The van der Waals surface area contributed by atoms with E-state index in [0.29, 0.717) is 11.5 Å². The minimum atomic E-state index is -4.05. The third-order valence-electron chi connectivity index (χ3n) is 5.21. The van der Waals surface area contributed by atoms with E-state index in [1.807, 2.05) is 48.5 Å². The second-order valence-electron chi connectivity index (χ2n) is 7.41. The highest BCUT2D eigenvalue weighted by Gasteiger charge is 2.27. The molecule has 0 aliphatic rings. The number of benzene rings is 3. The molecule has 0 spiro atoms. The lowest BCUT2D eigenvalue weighted by Gasteiger charge is -2.20. The zero-order valence-corrected chi connectivity index (χ0v) is 20.1. The molecule has 0 aliphatic heterocycles. The van der Waals surface area contributed by atoms with E-state index >= 15 is 0 Å². The minimum absolute atomic E-state index is 0.0410. The van der Waals surface area contributed by atoms with E-state index in [2.05, 4.69) is 10.0 Å². The quantitative estimate of drug-likeness (QED) is 0.434. The Kier molecular flexibility index (Phi) is 8.50. The van der Waals surface area contributed by atoms with Gasteiger partial charge in [-0.25, -0.2) is 8.42 Å². The lowest BCUT2D eigenvalue weighted by Crippen LogP contribution is -2.47. The van der Waals surface area contributed by atoms with E-state index in [9.17, 15) is 13.2 Å². The maximum Gasteiger partial charge on any atom is 0.241 e. The maximum absolute atomic E-state index is 13.2. The Hall–Kier alpha value is -3.56. The van der Waals surface area contributed by atoms with Crippen molar-refractivity contribution in [1.29, 1.82) is 0 Å². The van der Waals surface area contributed by atoms with Gasteiger partial charge in [0, 0.05) is 18.2 Å². The third-order valence-corrected chi connectivity index (χ3v) is 6.68. The van der Waals surface area contributed by atoms with Crippen LogP contribution in [0.2, 0.25) is 0 Å². The standard InChI is InChI=1S/C25H28N2O6S/c1-31-22-12-8-7-11-19(22)17-26-25(28)21(15-18-9-5-4-6-10-18)27-34(29,30)20-13-14-23(32-2)24(16-20)33-3/h4-14,16,21,27H,15,17H2,1-3H3,(H,26,28). The van der Waals surface area contributed by atoms with Gasteiger partial charge in [-0.2, -0.15) is 4.72 Å². The van der Waals surface area contributed by atoms with E-state index < -0.39 is 22.0 Å². The number of nitrogens with one attached hydrogen (secondary N) is 2. The van der Waals surface area contributed by atoms with Crippen LogP contribution in [0.3, 0.4) is 0 Å². The second-order valence-corrected chi connectivity index (χ2v) is 9.12. The maximum atomic E-state index is 13.2. The summed E-state index contributed by atoms with van der Waals surface area (Å²) in [5.74, 6) is 0.842. The van der Waals surface area contributed by atoms with E-state index in [1.165, 1.54) is 32.4 Å². The largest absolute Gasteiger partial charge is 0.496 e. The summed E-state index contributed by atoms with van der Waals surface area (Å²) in [6, 6.07) is 19.7. The summed E-state index contributed by atoms with van der Waals surface area (Å²) in [7, 11) is 0.389. The van der Waals surface area contributed by atoms with Gasteiger partial charge in [0.25, 0.3) is 0 Å². The van der Waals surface area contributed by atoms with Gasteiger partial charge >= 0.3 is 0 Å². The van der Waals surface area contributed by atoms with Crippen LogP contribution in [0, 0.1) is 0 Å². The highest BCUT2D eigenvalue weighted by atomic mass is 32.2. The fourth-order valence-electron chi connectivity index (χ4n) is 3.43. The summed E-state index contributed by atoms with van der Waals surface area (Å²) >= 11 is 0. The van der Waals surface area contributed by atoms with Crippen molar-refractivity contribution < 1.29 is 27.4 Å². The van der Waals surface area contributed by atoms with Gasteiger partial charge in [-0.1, -0.05) is 48.5 Å². The minimum Gasteiger partial charge on any atom is -0.496 e. The fourth-order valence-corrected chi connectivity index (χ4v) is 4.64. The molecule has 0 heterocycles. The van der Waals surface area contributed by atoms with Crippen molar-refractivity contribution in [3.8, 4) is 17.2 Å². The van der Waals surface area contributed by atoms with Crippen LogP contribution in [0.4, 0.5) is 0 Å². The first-order chi connectivity index (χ1) is 16.4. The number of amides is 1. The van der Waals surface area contributed by atoms with Crippen molar-refractivity contribution in [2.24, 2.45) is 0 Å². The van der Waals surface area contributed by atoms with Crippen LogP contribution in [0.5, 0.6) is 17.2 Å². The van der Waals surface area contributed by atoms with Gasteiger partial charge in [-0.05, 0) is 30.2 Å². The summed E-state index contributed by atoms with van der Waals surface area (Å²) in [5.41, 5.74) is 1.59. The number of hydrogen-bond acceptors (Lipinski definition) is 6. The van der Waals surface area contributed by atoms with Crippen LogP contribution < -0.4 is 24.2 Å². The number of ether oxygens (including phenoxy) is 3. The molecule has 0 saturated carbocycles. The number of carbonyl (C=O) groups excluding carboxylic acids is 1. The number of carbonyl (C=O) groups is 1. The fraction of sp³-hybridized carbons (Fsp3) is 0.240. The van der Waals surface area contributed by atoms with Crippen LogP contribution in [0.1, 0.15) is 11.1 Å². The molecular weight excluding hydrogens is 456 g/mol. The average Bonchev–Trinajstić information content (AvgIpc) is 2.87. The predicted molar refractivity (Wildman–Crippen MR) is 129 cm³/mol. The number of methoxy groups -OCH3 is 3. The van der Waals surface area contributed by atoms with Gasteiger partial charge in [-0.3, -0.25) is 4.79 Å². The van der Waals surface area contributed by atoms with Crippen LogP contribution in [-0.2, 0) is 27.8 Å². The molecule has 0 radical (unpaired) electrons. The Labute approximate surface area is 199 Å².